The third-order valence-electron chi connectivity index (χ3n) is 1.64. The molecule has 0 spiro atoms. The van der Waals surface area contributed by atoms with Gasteiger partial charge in [0.15, 0.2) is 5.78 Å². The van der Waals surface area contributed by atoms with E-state index in [-0.39, 0.29) is 5.78 Å². The number of benzene rings is 1. The molecule has 14 heavy (non-hydrogen) atoms. The molecular formula is C11H11ClOS. The number of carbonyl (C=O) groups is 1. The maximum atomic E-state index is 11.2. The van der Waals surface area contributed by atoms with Gasteiger partial charge in [0.2, 0.25) is 0 Å². The number of Topliss-reactive ketones (excluding diaryl/α,β-unsaturated/α-hetero) is 1. The standard InChI is InChI=1S/C11H11ClOS/c1-8(2)11(13)7-14-10-5-3-4-9(12)6-10/h3-6H,1,7H2,2H3. The van der Waals surface area contributed by atoms with E-state index in [1.807, 2.05) is 24.3 Å². The molecule has 0 heterocycles. The third kappa shape index (κ3) is 3.56. The number of hydrogen-bond donors (Lipinski definition) is 0. The maximum Gasteiger partial charge on any atom is 0.168 e. The minimum Gasteiger partial charge on any atom is -0.294 e. The van der Waals surface area contributed by atoms with E-state index in [0.717, 1.165) is 4.90 Å². The molecule has 0 atom stereocenters. The Morgan fingerprint density at radius 1 is 1.57 bits per heavy atom. The van der Waals surface area contributed by atoms with Gasteiger partial charge in [0.05, 0.1) is 5.75 Å². The van der Waals surface area contributed by atoms with E-state index < -0.39 is 0 Å². The van der Waals surface area contributed by atoms with Crippen molar-refractivity contribution in [2.75, 3.05) is 5.75 Å². The Labute approximate surface area is 93.2 Å². The second-order valence-corrected chi connectivity index (χ2v) is 4.43. The third-order valence-corrected chi connectivity index (χ3v) is 2.87. The molecule has 0 aliphatic heterocycles. The molecule has 0 amide bonds. The lowest BCUT2D eigenvalue weighted by Crippen LogP contribution is -2.01. The highest BCUT2D eigenvalue weighted by atomic mass is 35.5. The Hall–Kier alpha value is -0.730. The summed E-state index contributed by atoms with van der Waals surface area (Å²) in [5.74, 6) is 0.505. The van der Waals surface area contributed by atoms with E-state index >= 15 is 0 Å². The molecule has 1 rings (SSSR count). The second-order valence-electron chi connectivity index (χ2n) is 2.95. The van der Waals surface area contributed by atoms with Crippen LogP contribution in [-0.2, 0) is 4.79 Å². The highest BCUT2D eigenvalue weighted by molar-refractivity contribution is 8.00. The van der Waals surface area contributed by atoms with Crippen LogP contribution in [0, 0.1) is 0 Å². The Bertz CT molecular complexity index is 360. The zero-order chi connectivity index (χ0) is 10.6. The highest BCUT2D eigenvalue weighted by Crippen LogP contribution is 2.21. The molecule has 0 N–H and O–H groups in total. The Kier molecular flexibility index (Phi) is 4.23. The normalized spacial score (nSPS) is 9.86. The van der Waals surface area contributed by atoms with Crippen molar-refractivity contribution in [3.8, 4) is 0 Å². The van der Waals surface area contributed by atoms with Crippen molar-refractivity contribution in [2.45, 2.75) is 11.8 Å². The zero-order valence-electron chi connectivity index (χ0n) is 7.92. The number of thioether (sulfide) groups is 1. The van der Waals surface area contributed by atoms with Crippen LogP contribution in [0.25, 0.3) is 0 Å². The first-order valence-electron chi connectivity index (χ1n) is 4.16. The van der Waals surface area contributed by atoms with Gasteiger partial charge in [-0.1, -0.05) is 24.2 Å². The van der Waals surface area contributed by atoms with Crippen LogP contribution in [0.15, 0.2) is 41.3 Å². The molecule has 3 heteroatoms. The summed E-state index contributed by atoms with van der Waals surface area (Å²) in [6.45, 7) is 5.32. The number of ketones is 1. The van der Waals surface area contributed by atoms with Crippen LogP contribution < -0.4 is 0 Å². The highest BCUT2D eigenvalue weighted by Gasteiger charge is 2.03. The first kappa shape index (κ1) is 11.3. The van der Waals surface area contributed by atoms with Crippen molar-refractivity contribution < 1.29 is 4.79 Å². The van der Waals surface area contributed by atoms with Crippen molar-refractivity contribution >= 4 is 29.1 Å². The van der Waals surface area contributed by atoms with Gasteiger partial charge in [0.25, 0.3) is 0 Å². The minimum absolute atomic E-state index is 0.0787. The Balaban J connectivity index is 2.54. The summed E-state index contributed by atoms with van der Waals surface area (Å²) < 4.78 is 0. The monoisotopic (exact) mass is 226 g/mol. The molecule has 0 aliphatic carbocycles. The van der Waals surface area contributed by atoms with Gasteiger partial charge in [-0.25, -0.2) is 0 Å². The van der Waals surface area contributed by atoms with Gasteiger partial charge in [0, 0.05) is 9.92 Å². The summed E-state index contributed by atoms with van der Waals surface area (Å²) in [7, 11) is 0. The van der Waals surface area contributed by atoms with E-state index in [1.54, 1.807) is 6.92 Å². The van der Waals surface area contributed by atoms with E-state index in [4.69, 9.17) is 11.6 Å². The van der Waals surface area contributed by atoms with Crippen molar-refractivity contribution in [1.82, 2.24) is 0 Å². The predicted octanol–water partition coefficient (Wildman–Crippen LogP) is 3.58. The molecule has 0 saturated carbocycles. The van der Waals surface area contributed by atoms with Gasteiger partial charge in [-0.15, -0.1) is 11.8 Å². The molecule has 0 unspecified atom stereocenters. The van der Waals surface area contributed by atoms with Crippen LogP contribution in [0.5, 0.6) is 0 Å². The molecule has 0 saturated heterocycles. The lowest BCUT2D eigenvalue weighted by atomic mass is 10.2. The van der Waals surface area contributed by atoms with Gasteiger partial charge < -0.3 is 0 Å². The van der Waals surface area contributed by atoms with Gasteiger partial charge in [-0.2, -0.15) is 0 Å². The fraction of sp³-hybridized carbons (Fsp3) is 0.182. The Morgan fingerprint density at radius 3 is 2.86 bits per heavy atom. The van der Waals surface area contributed by atoms with Crippen LogP contribution in [0.1, 0.15) is 6.92 Å². The van der Waals surface area contributed by atoms with Crippen molar-refractivity contribution in [2.24, 2.45) is 0 Å². The number of allylic oxidation sites excluding steroid dienone is 1. The largest absolute Gasteiger partial charge is 0.294 e. The molecule has 0 aromatic heterocycles. The van der Waals surface area contributed by atoms with Gasteiger partial charge in [-0.05, 0) is 30.7 Å². The molecule has 1 nitrogen and oxygen atoms in total. The lowest BCUT2D eigenvalue weighted by Gasteiger charge is -2.00. The number of hydrogen-bond acceptors (Lipinski definition) is 2. The van der Waals surface area contributed by atoms with Crippen LogP contribution in [0.3, 0.4) is 0 Å². The van der Waals surface area contributed by atoms with Gasteiger partial charge in [-0.3, -0.25) is 4.79 Å². The average molecular weight is 227 g/mol. The van der Waals surface area contributed by atoms with E-state index in [0.29, 0.717) is 16.3 Å². The Morgan fingerprint density at radius 2 is 2.29 bits per heavy atom. The summed E-state index contributed by atoms with van der Waals surface area (Å²) in [5.41, 5.74) is 0.597. The first-order chi connectivity index (χ1) is 6.59. The van der Waals surface area contributed by atoms with Crippen LogP contribution in [0.4, 0.5) is 0 Å². The summed E-state index contributed by atoms with van der Waals surface area (Å²) in [5, 5.41) is 0.692. The molecule has 74 valence electrons. The molecular weight excluding hydrogens is 216 g/mol. The average Bonchev–Trinajstić information content (AvgIpc) is 2.14. The van der Waals surface area contributed by atoms with Gasteiger partial charge >= 0.3 is 0 Å². The minimum atomic E-state index is 0.0787. The van der Waals surface area contributed by atoms with Crippen LogP contribution in [0.2, 0.25) is 5.02 Å². The zero-order valence-corrected chi connectivity index (χ0v) is 9.49. The fourth-order valence-electron chi connectivity index (χ4n) is 0.829. The lowest BCUT2D eigenvalue weighted by molar-refractivity contribution is -0.113. The van der Waals surface area contributed by atoms with Crippen LogP contribution in [-0.4, -0.2) is 11.5 Å². The van der Waals surface area contributed by atoms with Crippen molar-refractivity contribution in [3.05, 3.63) is 41.4 Å². The van der Waals surface area contributed by atoms with E-state index in [2.05, 4.69) is 6.58 Å². The summed E-state index contributed by atoms with van der Waals surface area (Å²) in [6, 6.07) is 7.46. The van der Waals surface area contributed by atoms with Crippen LogP contribution >= 0.6 is 23.4 Å². The summed E-state index contributed by atoms with van der Waals surface area (Å²) >= 11 is 7.28. The summed E-state index contributed by atoms with van der Waals surface area (Å²) in [6.07, 6.45) is 0. The molecule has 1 aromatic rings. The molecule has 1 aromatic carbocycles. The SMILES string of the molecule is C=C(C)C(=O)CSc1cccc(Cl)c1. The molecule has 0 bridgehead atoms. The quantitative estimate of drug-likeness (QED) is 0.577. The van der Waals surface area contributed by atoms with Crippen molar-refractivity contribution in [1.29, 1.82) is 0 Å². The number of halogens is 1. The topological polar surface area (TPSA) is 17.1 Å². The molecule has 0 fully saturated rings. The molecule has 0 aliphatic rings. The fourth-order valence-corrected chi connectivity index (χ4v) is 2.01. The van der Waals surface area contributed by atoms with E-state index in [1.165, 1.54) is 11.8 Å². The number of rotatable bonds is 4. The predicted molar refractivity (Wildman–Crippen MR) is 62.0 cm³/mol. The summed E-state index contributed by atoms with van der Waals surface area (Å²) in [4.78, 5) is 12.3. The van der Waals surface area contributed by atoms with E-state index in [9.17, 15) is 4.79 Å². The maximum absolute atomic E-state index is 11.2. The molecule has 0 radical (unpaired) electrons. The number of carbonyl (C=O) groups excluding carboxylic acids is 1. The first-order valence-corrected chi connectivity index (χ1v) is 5.53. The smallest absolute Gasteiger partial charge is 0.168 e. The van der Waals surface area contributed by atoms with Crippen molar-refractivity contribution in [3.63, 3.8) is 0 Å². The van der Waals surface area contributed by atoms with Gasteiger partial charge in [0.1, 0.15) is 0 Å². The second kappa shape index (κ2) is 5.23.